The first kappa shape index (κ1) is 22.2. The summed E-state index contributed by atoms with van der Waals surface area (Å²) in [6.07, 6.45) is 5.54. The summed E-state index contributed by atoms with van der Waals surface area (Å²) in [7, 11) is 3.79. The van der Waals surface area contributed by atoms with Crippen LogP contribution in [0.1, 0.15) is 22.3 Å². The molecule has 4 heterocycles. The zero-order valence-electron chi connectivity index (χ0n) is 19.8. The maximum Gasteiger partial charge on any atom is 0.171 e. The predicted octanol–water partition coefficient (Wildman–Crippen LogP) is 4.83. The van der Waals surface area contributed by atoms with E-state index in [1.807, 2.05) is 36.5 Å². The van der Waals surface area contributed by atoms with Gasteiger partial charge in [-0.2, -0.15) is 5.10 Å². The number of likely N-dealkylation sites (N-methyl/N-ethyl adjacent to an activating group) is 1. The van der Waals surface area contributed by atoms with Crippen molar-refractivity contribution in [1.82, 2.24) is 19.7 Å². The van der Waals surface area contributed by atoms with Crippen LogP contribution in [0.5, 0.6) is 11.5 Å². The Morgan fingerprint density at radius 1 is 1.29 bits per heavy atom. The van der Waals surface area contributed by atoms with Crippen LogP contribution in [0.25, 0.3) is 22.0 Å². The number of Topliss-reactive ketones (excluding diaryl/α,β-unsaturated/α-hetero) is 1. The Bertz CT molecular complexity index is 1430. The van der Waals surface area contributed by atoms with E-state index in [4.69, 9.17) is 21.1 Å². The van der Waals surface area contributed by atoms with Crippen molar-refractivity contribution in [2.24, 2.45) is 5.92 Å². The van der Waals surface area contributed by atoms with Crippen molar-refractivity contribution in [2.75, 3.05) is 27.3 Å². The number of rotatable bonds is 6. The van der Waals surface area contributed by atoms with Crippen molar-refractivity contribution in [2.45, 2.75) is 25.4 Å². The molecular weight excluding hydrogens is 464 g/mol. The number of nitrogens with one attached hydrogen (secondary N) is 1. The molecule has 0 amide bonds. The molecule has 4 aromatic rings. The van der Waals surface area contributed by atoms with E-state index in [0.29, 0.717) is 24.2 Å². The molecule has 6 rings (SSSR count). The maximum absolute atomic E-state index is 13.8. The minimum Gasteiger partial charge on any atom is -0.497 e. The number of aromatic amines is 1. The lowest BCUT2D eigenvalue weighted by Gasteiger charge is -2.38. The second kappa shape index (κ2) is 8.73. The summed E-state index contributed by atoms with van der Waals surface area (Å²) in [5.41, 5.74) is 4.60. The lowest BCUT2D eigenvalue weighted by Crippen LogP contribution is -2.46. The fourth-order valence-corrected chi connectivity index (χ4v) is 5.40. The molecule has 8 heteroatoms. The first-order chi connectivity index (χ1) is 17.0. The van der Waals surface area contributed by atoms with Crippen LogP contribution in [0, 0.1) is 5.92 Å². The molecule has 2 aliphatic heterocycles. The van der Waals surface area contributed by atoms with Crippen molar-refractivity contribution in [3.05, 3.63) is 65.1 Å². The van der Waals surface area contributed by atoms with Crippen LogP contribution in [0.15, 0.2) is 48.8 Å². The number of methoxy groups -OCH3 is 1. The molecule has 2 aromatic heterocycles. The molecule has 0 bridgehead atoms. The molecule has 2 aromatic carbocycles. The topological polar surface area (TPSA) is 72.4 Å². The van der Waals surface area contributed by atoms with E-state index in [1.54, 1.807) is 13.3 Å². The highest BCUT2D eigenvalue weighted by atomic mass is 35.5. The quantitative estimate of drug-likeness (QED) is 0.392. The van der Waals surface area contributed by atoms with Crippen LogP contribution >= 0.6 is 11.6 Å². The first-order valence-corrected chi connectivity index (χ1v) is 12.3. The molecule has 0 radical (unpaired) electrons. The van der Waals surface area contributed by atoms with Crippen LogP contribution in [0.3, 0.4) is 0 Å². The van der Waals surface area contributed by atoms with E-state index < -0.39 is 0 Å². The Balaban J connectivity index is 1.38. The lowest BCUT2D eigenvalue weighted by atomic mass is 9.89. The maximum atomic E-state index is 13.8. The summed E-state index contributed by atoms with van der Waals surface area (Å²) in [5.74, 6) is 1.46. The summed E-state index contributed by atoms with van der Waals surface area (Å²) in [6.45, 7) is 2.32. The number of nitrogens with zero attached hydrogens (tertiary/aromatic N) is 3. The molecule has 0 spiro atoms. The summed E-state index contributed by atoms with van der Waals surface area (Å²) in [5, 5.41) is 8.31. The summed E-state index contributed by atoms with van der Waals surface area (Å²) < 4.78 is 13.6. The van der Waals surface area contributed by atoms with Crippen molar-refractivity contribution in [3.8, 4) is 22.6 Å². The van der Waals surface area contributed by atoms with Gasteiger partial charge in [-0.05, 0) is 61.8 Å². The molecule has 0 saturated carbocycles. The molecule has 35 heavy (non-hydrogen) atoms. The van der Waals surface area contributed by atoms with Gasteiger partial charge in [0.1, 0.15) is 16.7 Å². The van der Waals surface area contributed by atoms with Gasteiger partial charge in [0.15, 0.2) is 5.78 Å². The number of aromatic nitrogens is 3. The third-order valence-corrected chi connectivity index (χ3v) is 7.73. The van der Waals surface area contributed by atoms with E-state index in [0.717, 1.165) is 64.2 Å². The Morgan fingerprint density at radius 2 is 2.17 bits per heavy atom. The highest BCUT2D eigenvalue weighted by molar-refractivity contribution is 6.32. The monoisotopic (exact) mass is 490 g/mol. The molecule has 7 nitrogen and oxygen atoms in total. The second-order valence-electron chi connectivity index (χ2n) is 9.50. The average Bonchev–Trinajstić information content (AvgIpc) is 3.48. The van der Waals surface area contributed by atoms with E-state index in [-0.39, 0.29) is 11.7 Å². The van der Waals surface area contributed by atoms with Crippen molar-refractivity contribution < 1.29 is 14.3 Å². The third-order valence-electron chi connectivity index (χ3n) is 7.44. The summed E-state index contributed by atoms with van der Waals surface area (Å²) in [4.78, 5) is 16.2. The van der Waals surface area contributed by atoms with Crippen molar-refractivity contribution in [1.29, 1.82) is 0 Å². The Labute approximate surface area is 208 Å². The molecule has 0 aliphatic carbocycles. The number of benzene rings is 2. The van der Waals surface area contributed by atoms with Gasteiger partial charge >= 0.3 is 0 Å². The Morgan fingerprint density at radius 3 is 2.89 bits per heavy atom. The van der Waals surface area contributed by atoms with E-state index in [9.17, 15) is 4.79 Å². The third kappa shape index (κ3) is 3.89. The number of fused-ring (bicyclic) bond motifs is 2. The minimum atomic E-state index is -0.247. The largest absolute Gasteiger partial charge is 0.497 e. The van der Waals surface area contributed by atoms with Crippen LogP contribution in [0.4, 0.5) is 0 Å². The van der Waals surface area contributed by atoms with Gasteiger partial charge in [-0.1, -0.05) is 23.7 Å². The Kier molecular flexibility index (Phi) is 5.54. The molecule has 1 fully saturated rings. The SMILES string of the molecule is COc1ccc2c(c1)CC(C(=O)c1cn(C[C@@H]3CCN3C)c3cc(-c4cn[nH]c4Cl)ccc13)CO2. The molecule has 2 atom stereocenters. The molecule has 2 aliphatic rings. The van der Waals surface area contributed by atoms with Crippen molar-refractivity contribution >= 4 is 28.3 Å². The highest BCUT2D eigenvalue weighted by Crippen LogP contribution is 2.35. The summed E-state index contributed by atoms with van der Waals surface area (Å²) >= 11 is 6.31. The van der Waals surface area contributed by atoms with Gasteiger partial charge in [-0.15, -0.1) is 0 Å². The number of ketones is 1. The normalized spacial score (nSPS) is 19.7. The van der Waals surface area contributed by atoms with E-state index >= 15 is 0 Å². The number of carbonyl (C=O) groups excluding carboxylic acids is 1. The molecule has 1 N–H and O–H groups in total. The van der Waals surface area contributed by atoms with Gasteiger partial charge in [0.25, 0.3) is 0 Å². The minimum absolute atomic E-state index is 0.110. The van der Waals surface area contributed by atoms with Gasteiger partial charge < -0.3 is 18.9 Å². The van der Waals surface area contributed by atoms with Gasteiger partial charge in [0, 0.05) is 40.8 Å². The van der Waals surface area contributed by atoms with Gasteiger partial charge in [0.05, 0.1) is 25.8 Å². The number of ether oxygens (including phenoxy) is 2. The molecule has 180 valence electrons. The number of likely N-dealkylation sites (tertiary alicyclic amines) is 1. The first-order valence-electron chi connectivity index (χ1n) is 11.9. The second-order valence-corrected chi connectivity index (χ2v) is 9.88. The number of hydrogen-bond donors (Lipinski definition) is 1. The van der Waals surface area contributed by atoms with Crippen LogP contribution < -0.4 is 9.47 Å². The number of halogens is 1. The fraction of sp³-hybridized carbons (Fsp3) is 0.333. The fourth-order valence-electron chi connectivity index (χ4n) is 5.19. The average molecular weight is 491 g/mol. The van der Waals surface area contributed by atoms with Gasteiger partial charge in [0.2, 0.25) is 0 Å². The van der Waals surface area contributed by atoms with Crippen LogP contribution in [-0.2, 0) is 13.0 Å². The molecule has 1 saturated heterocycles. The number of H-pyrrole nitrogens is 1. The van der Waals surface area contributed by atoms with Crippen molar-refractivity contribution in [3.63, 3.8) is 0 Å². The Hall–Kier alpha value is -3.29. The summed E-state index contributed by atoms with van der Waals surface area (Å²) in [6, 6.07) is 12.4. The standard InChI is InChI=1S/C27H27ClN4O3/c1-31-8-7-19(31)13-32-14-23(21-5-3-16(11-24(21)32)22-12-29-30-27(22)28)26(33)18-9-17-10-20(34-2)4-6-25(17)35-15-18/h3-6,10-12,14,18-19H,7-9,13,15H2,1-2H3,(H,29,30)/t18?,19-/m0/s1. The van der Waals surface area contributed by atoms with E-state index in [2.05, 4.69) is 32.8 Å². The smallest absolute Gasteiger partial charge is 0.171 e. The number of hydrogen-bond acceptors (Lipinski definition) is 5. The number of carbonyl (C=O) groups is 1. The zero-order valence-corrected chi connectivity index (χ0v) is 20.5. The predicted molar refractivity (Wildman–Crippen MR) is 136 cm³/mol. The molecule has 1 unspecified atom stereocenters. The highest BCUT2D eigenvalue weighted by Gasteiger charge is 2.31. The zero-order chi connectivity index (χ0) is 24.1. The van der Waals surface area contributed by atoms with Gasteiger partial charge in [-0.25, -0.2) is 0 Å². The van der Waals surface area contributed by atoms with Crippen LogP contribution in [0.2, 0.25) is 5.15 Å². The van der Waals surface area contributed by atoms with E-state index in [1.165, 1.54) is 0 Å². The van der Waals surface area contributed by atoms with Gasteiger partial charge in [-0.3, -0.25) is 9.89 Å². The lowest BCUT2D eigenvalue weighted by molar-refractivity contribution is 0.0855. The van der Waals surface area contributed by atoms with Crippen LogP contribution in [-0.4, -0.2) is 58.8 Å². The molecular formula is C27H27ClN4O3.